The fourth-order valence-electron chi connectivity index (χ4n) is 2.04. The minimum Gasteiger partial charge on any atom is -0.381 e. The molecule has 0 radical (unpaired) electrons. The number of aromatic nitrogens is 2. The smallest absolute Gasteiger partial charge is 0.271 e. The van der Waals surface area contributed by atoms with Crippen molar-refractivity contribution in [1.82, 2.24) is 15.1 Å². The first kappa shape index (κ1) is 13.1. The van der Waals surface area contributed by atoms with Crippen LogP contribution in [-0.2, 0) is 4.74 Å². The van der Waals surface area contributed by atoms with Crippen LogP contribution in [0.2, 0.25) is 0 Å². The van der Waals surface area contributed by atoms with Crippen LogP contribution in [0, 0.1) is 5.92 Å². The molecule has 0 spiro atoms. The fourth-order valence-corrected chi connectivity index (χ4v) is 2.04. The molecule has 2 heterocycles. The molecule has 18 heavy (non-hydrogen) atoms. The first-order valence-electron chi connectivity index (χ1n) is 6.58. The van der Waals surface area contributed by atoms with Gasteiger partial charge in [0.25, 0.3) is 5.91 Å². The van der Waals surface area contributed by atoms with E-state index in [1.165, 1.54) is 0 Å². The standard InChI is InChI=1S/C13H21N3O2/c1-10(2)16-7-4-12(15-16)13(17)14-6-3-11-5-8-18-9-11/h4,7,10-11H,3,5-6,8-9H2,1-2H3,(H,14,17)/t11-/m1/s1. The molecular formula is C13H21N3O2. The summed E-state index contributed by atoms with van der Waals surface area (Å²) in [4.78, 5) is 11.8. The summed E-state index contributed by atoms with van der Waals surface area (Å²) < 4.78 is 7.09. The quantitative estimate of drug-likeness (QED) is 0.865. The van der Waals surface area contributed by atoms with Gasteiger partial charge in [-0.15, -0.1) is 0 Å². The Kier molecular flexibility index (Phi) is 4.36. The SMILES string of the molecule is CC(C)n1ccc(C(=O)NCC[C@@H]2CCOC2)n1. The maximum atomic E-state index is 11.8. The third kappa shape index (κ3) is 3.32. The lowest BCUT2D eigenvalue weighted by atomic mass is 10.1. The molecule has 1 amide bonds. The third-order valence-electron chi connectivity index (χ3n) is 3.23. The Bertz CT molecular complexity index is 395. The number of carbonyl (C=O) groups is 1. The molecule has 0 aromatic carbocycles. The number of hydrogen-bond acceptors (Lipinski definition) is 3. The van der Waals surface area contributed by atoms with Gasteiger partial charge in [0.15, 0.2) is 0 Å². The van der Waals surface area contributed by atoms with Crippen LogP contribution in [0.3, 0.4) is 0 Å². The van der Waals surface area contributed by atoms with E-state index in [0.29, 0.717) is 18.2 Å². The van der Waals surface area contributed by atoms with Crippen LogP contribution >= 0.6 is 0 Å². The second-order valence-corrected chi connectivity index (χ2v) is 5.05. The molecular weight excluding hydrogens is 230 g/mol. The topological polar surface area (TPSA) is 56.2 Å². The van der Waals surface area contributed by atoms with Crippen molar-refractivity contribution in [2.75, 3.05) is 19.8 Å². The molecule has 1 N–H and O–H groups in total. The lowest BCUT2D eigenvalue weighted by Gasteiger charge is -2.08. The van der Waals surface area contributed by atoms with Crippen LogP contribution in [0.1, 0.15) is 43.2 Å². The number of rotatable bonds is 5. The number of nitrogens with zero attached hydrogens (tertiary/aromatic N) is 2. The maximum Gasteiger partial charge on any atom is 0.271 e. The summed E-state index contributed by atoms with van der Waals surface area (Å²) in [5.41, 5.74) is 0.492. The van der Waals surface area contributed by atoms with Crippen LogP contribution in [0.5, 0.6) is 0 Å². The zero-order chi connectivity index (χ0) is 13.0. The summed E-state index contributed by atoms with van der Waals surface area (Å²) in [6, 6.07) is 2.04. The monoisotopic (exact) mass is 251 g/mol. The van der Waals surface area contributed by atoms with Crippen molar-refractivity contribution >= 4 is 5.91 Å². The lowest BCUT2D eigenvalue weighted by molar-refractivity contribution is 0.0944. The van der Waals surface area contributed by atoms with Gasteiger partial charge in [-0.3, -0.25) is 9.48 Å². The number of carbonyl (C=O) groups excluding carboxylic acids is 1. The van der Waals surface area contributed by atoms with Crippen LogP contribution in [0.15, 0.2) is 12.3 Å². The first-order valence-corrected chi connectivity index (χ1v) is 6.58. The molecule has 1 atom stereocenters. The highest BCUT2D eigenvalue weighted by Crippen LogP contribution is 2.15. The Labute approximate surface area is 108 Å². The van der Waals surface area contributed by atoms with Crippen LogP contribution < -0.4 is 5.32 Å². The predicted octanol–water partition coefficient (Wildman–Crippen LogP) is 1.62. The second kappa shape index (κ2) is 6.00. The van der Waals surface area contributed by atoms with Gasteiger partial charge in [0.1, 0.15) is 5.69 Å². The molecule has 0 bridgehead atoms. The van der Waals surface area contributed by atoms with Crippen LogP contribution in [-0.4, -0.2) is 35.4 Å². The maximum absolute atomic E-state index is 11.8. The molecule has 2 rings (SSSR count). The highest BCUT2D eigenvalue weighted by Gasteiger charge is 2.16. The van der Waals surface area contributed by atoms with Gasteiger partial charge in [0.2, 0.25) is 0 Å². The van der Waals surface area contributed by atoms with Gasteiger partial charge in [-0.25, -0.2) is 0 Å². The van der Waals surface area contributed by atoms with Crippen molar-refractivity contribution in [3.63, 3.8) is 0 Å². The molecule has 1 aromatic heterocycles. The van der Waals surface area contributed by atoms with Gasteiger partial charge in [-0.2, -0.15) is 5.10 Å². The minimum atomic E-state index is -0.0895. The normalized spacial score (nSPS) is 19.4. The van der Waals surface area contributed by atoms with Gasteiger partial charge in [-0.1, -0.05) is 0 Å². The number of ether oxygens (including phenoxy) is 1. The summed E-state index contributed by atoms with van der Waals surface area (Å²) in [6.45, 7) is 6.46. The Morgan fingerprint density at radius 2 is 2.50 bits per heavy atom. The summed E-state index contributed by atoms with van der Waals surface area (Å²) in [5.74, 6) is 0.506. The predicted molar refractivity (Wildman–Crippen MR) is 68.5 cm³/mol. The number of hydrogen-bond donors (Lipinski definition) is 1. The summed E-state index contributed by atoms with van der Waals surface area (Å²) in [6.07, 6.45) is 3.93. The average molecular weight is 251 g/mol. The van der Waals surface area contributed by atoms with E-state index < -0.39 is 0 Å². The lowest BCUT2D eigenvalue weighted by Crippen LogP contribution is -2.26. The Morgan fingerprint density at radius 3 is 3.11 bits per heavy atom. The van der Waals surface area contributed by atoms with Crippen molar-refractivity contribution in [2.45, 2.75) is 32.7 Å². The summed E-state index contributed by atoms with van der Waals surface area (Å²) in [5, 5.41) is 7.15. The molecule has 1 aromatic rings. The largest absolute Gasteiger partial charge is 0.381 e. The molecule has 5 heteroatoms. The van der Waals surface area contributed by atoms with Crippen molar-refractivity contribution in [3.05, 3.63) is 18.0 Å². The number of nitrogens with one attached hydrogen (secondary N) is 1. The van der Waals surface area contributed by atoms with Gasteiger partial charge in [0, 0.05) is 32.0 Å². The molecule has 1 saturated heterocycles. The fraction of sp³-hybridized carbons (Fsp3) is 0.692. The van der Waals surface area contributed by atoms with E-state index in [-0.39, 0.29) is 11.9 Å². The zero-order valence-corrected chi connectivity index (χ0v) is 11.1. The Hall–Kier alpha value is -1.36. The Morgan fingerprint density at radius 1 is 1.67 bits per heavy atom. The summed E-state index contributed by atoms with van der Waals surface area (Å²) >= 11 is 0. The van der Waals surface area contributed by atoms with Crippen molar-refractivity contribution in [2.24, 2.45) is 5.92 Å². The van der Waals surface area contributed by atoms with E-state index in [4.69, 9.17) is 4.74 Å². The molecule has 100 valence electrons. The second-order valence-electron chi connectivity index (χ2n) is 5.05. The molecule has 1 aliphatic heterocycles. The van der Waals surface area contributed by atoms with Gasteiger partial charge in [0.05, 0.1) is 0 Å². The molecule has 0 unspecified atom stereocenters. The minimum absolute atomic E-state index is 0.0895. The van der Waals surface area contributed by atoms with Crippen molar-refractivity contribution in [3.8, 4) is 0 Å². The molecule has 1 fully saturated rings. The first-order chi connectivity index (χ1) is 8.66. The summed E-state index contributed by atoms with van der Waals surface area (Å²) in [7, 11) is 0. The molecule has 0 aliphatic carbocycles. The van der Waals surface area contributed by atoms with Crippen LogP contribution in [0.4, 0.5) is 0 Å². The van der Waals surface area contributed by atoms with E-state index in [2.05, 4.69) is 10.4 Å². The highest BCUT2D eigenvalue weighted by atomic mass is 16.5. The van der Waals surface area contributed by atoms with E-state index in [1.54, 1.807) is 10.7 Å². The highest BCUT2D eigenvalue weighted by molar-refractivity contribution is 5.92. The van der Waals surface area contributed by atoms with Crippen molar-refractivity contribution < 1.29 is 9.53 Å². The molecule has 0 saturated carbocycles. The van der Waals surface area contributed by atoms with E-state index >= 15 is 0 Å². The van der Waals surface area contributed by atoms with Gasteiger partial charge >= 0.3 is 0 Å². The van der Waals surface area contributed by atoms with E-state index in [0.717, 1.165) is 26.1 Å². The van der Waals surface area contributed by atoms with E-state index in [9.17, 15) is 4.79 Å². The molecule has 1 aliphatic rings. The Balaban J connectivity index is 1.76. The average Bonchev–Trinajstić information content (AvgIpc) is 2.99. The zero-order valence-electron chi connectivity index (χ0n) is 11.1. The van der Waals surface area contributed by atoms with E-state index in [1.807, 2.05) is 20.0 Å². The molecule has 5 nitrogen and oxygen atoms in total. The third-order valence-corrected chi connectivity index (χ3v) is 3.23. The van der Waals surface area contributed by atoms with Crippen molar-refractivity contribution in [1.29, 1.82) is 0 Å². The van der Waals surface area contributed by atoms with Gasteiger partial charge < -0.3 is 10.1 Å². The van der Waals surface area contributed by atoms with Gasteiger partial charge in [-0.05, 0) is 38.7 Å². The van der Waals surface area contributed by atoms with Crippen LogP contribution in [0.25, 0.3) is 0 Å². The number of amides is 1.